The zero-order valence-corrected chi connectivity index (χ0v) is 7.28. The van der Waals surface area contributed by atoms with Crippen LogP contribution in [0.1, 0.15) is 13.8 Å². The van der Waals surface area contributed by atoms with E-state index in [1.165, 1.54) is 13.8 Å². The van der Waals surface area contributed by atoms with Gasteiger partial charge in [-0.2, -0.15) is 0 Å². The van der Waals surface area contributed by atoms with Crippen LogP contribution in [-0.2, 0) is 9.53 Å². The molecule has 0 aromatic rings. The Labute approximate surface area is 71.5 Å². The van der Waals surface area contributed by atoms with Crippen LogP contribution in [-0.4, -0.2) is 35.0 Å². The van der Waals surface area contributed by atoms with Crippen molar-refractivity contribution in [1.29, 1.82) is 0 Å². The fourth-order valence-corrected chi connectivity index (χ4v) is 0.460. The molecule has 0 aliphatic carbocycles. The van der Waals surface area contributed by atoms with Gasteiger partial charge in [0.05, 0.1) is 17.8 Å². The van der Waals surface area contributed by atoms with Crippen LogP contribution in [0.3, 0.4) is 0 Å². The van der Waals surface area contributed by atoms with Gasteiger partial charge in [-0.1, -0.05) is 6.58 Å². The molecular formula is C8H14O4. The predicted molar refractivity (Wildman–Crippen MR) is 43.5 cm³/mol. The Morgan fingerprint density at radius 1 is 1.50 bits per heavy atom. The Morgan fingerprint density at radius 3 is 2.33 bits per heavy atom. The van der Waals surface area contributed by atoms with Crippen molar-refractivity contribution in [3.05, 3.63) is 12.2 Å². The van der Waals surface area contributed by atoms with Crippen molar-refractivity contribution < 1.29 is 19.7 Å². The first-order valence-corrected chi connectivity index (χ1v) is 3.67. The molecule has 2 atom stereocenters. The maximum Gasteiger partial charge on any atom is 0.336 e. The van der Waals surface area contributed by atoms with Gasteiger partial charge in [0.15, 0.2) is 0 Å². The topological polar surface area (TPSA) is 66.8 Å². The molecule has 0 rings (SSSR count). The second kappa shape index (κ2) is 4.90. The van der Waals surface area contributed by atoms with Crippen LogP contribution in [0.4, 0.5) is 0 Å². The first-order valence-electron chi connectivity index (χ1n) is 3.67. The number of carbonyl (C=O) groups is 1. The first kappa shape index (κ1) is 11.1. The molecule has 0 aromatic carbocycles. The minimum absolute atomic E-state index is 0.00403. The number of hydrogen-bond acceptors (Lipinski definition) is 4. The van der Waals surface area contributed by atoms with Crippen LogP contribution in [0, 0.1) is 0 Å². The molecule has 0 aliphatic rings. The Kier molecular flexibility index (Phi) is 4.54. The van der Waals surface area contributed by atoms with Gasteiger partial charge in [0.1, 0.15) is 6.61 Å². The second-order valence-corrected chi connectivity index (χ2v) is 2.65. The van der Waals surface area contributed by atoms with E-state index in [-0.39, 0.29) is 12.2 Å². The predicted octanol–water partition coefficient (Wildman–Crippen LogP) is -0.153. The monoisotopic (exact) mass is 174 g/mol. The van der Waals surface area contributed by atoms with Crippen molar-refractivity contribution in [3.8, 4) is 0 Å². The lowest BCUT2D eigenvalue weighted by molar-refractivity contribution is -0.142. The first-order chi connectivity index (χ1) is 5.45. The van der Waals surface area contributed by atoms with Crippen molar-refractivity contribution in [2.45, 2.75) is 26.1 Å². The molecule has 0 radical (unpaired) electrons. The molecule has 0 aromatic heterocycles. The van der Waals surface area contributed by atoms with Crippen LogP contribution in [0.5, 0.6) is 0 Å². The van der Waals surface area contributed by atoms with E-state index in [4.69, 9.17) is 10.2 Å². The summed E-state index contributed by atoms with van der Waals surface area (Å²) in [6.07, 6.45) is -1.61. The smallest absolute Gasteiger partial charge is 0.336 e. The number of esters is 1. The highest BCUT2D eigenvalue weighted by molar-refractivity contribution is 5.88. The highest BCUT2D eigenvalue weighted by atomic mass is 16.5. The summed E-state index contributed by atoms with van der Waals surface area (Å²) < 4.78 is 4.58. The minimum atomic E-state index is -0.911. The largest absolute Gasteiger partial charge is 0.460 e. The van der Waals surface area contributed by atoms with Crippen molar-refractivity contribution in [2.24, 2.45) is 0 Å². The summed E-state index contributed by atoms with van der Waals surface area (Å²) >= 11 is 0. The summed E-state index contributed by atoms with van der Waals surface area (Å²) in [6.45, 7) is 6.17. The highest BCUT2D eigenvalue weighted by Gasteiger charge is 2.13. The molecule has 0 bridgehead atoms. The number of aliphatic hydroxyl groups is 2. The van der Waals surface area contributed by atoms with Crippen molar-refractivity contribution in [1.82, 2.24) is 0 Å². The third-order valence-electron chi connectivity index (χ3n) is 1.22. The van der Waals surface area contributed by atoms with Crippen molar-refractivity contribution in [2.75, 3.05) is 6.61 Å². The summed E-state index contributed by atoms with van der Waals surface area (Å²) in [4.78, 5) is 10.9. The molecule has 0 heterocycles. The maximum absolute atomic E-state index is 10.9. The van der Waals surface area contributed by atoms with Crippen LogP contribution in [0.15, 0.2) is 12.2 Å². The fraction of sp³-hybridized carbons (Fsp3) is 0.625. The molecule has 4 nitrogen and oxygen atoms in total. The SMILES string of the molecule is C=C(C(=O)OCC(C)O)C(C)O. The normalized spacial score (nSPS) is 15.0. The molecule has 0 saturated carbocycles. The Bertz CT molecular complexity index is 172. The van der Waals surface area contributed by atoms with E-state index in [0.717, 1.165) is 0 Å². The van der Waals surface area contributed by atoms with E-state index >= 15 is 0 Å². The molecule has 0 fully saturated rings. The third kappa shape index (κ3) is 4.10. The third-order valence-corrected chi connectivity index (χ3v) is 1.22. The molecular weight excluding hydrogens is 160 g/mol. The van der Waals surface area contributed by atoms with E-state index in [1.807, 2.05) is 0 Å². The van der Waals surface area contributed by atoms with E-state index in [2.05, 4.69) is 11.3 Å². The van der Waals surface area contributed by atoms with Crippen molar-refractivity contribution >= 4 is 5.97 Å². The second-order valence-electron chi connectivity index (χ2n) is 2.65. The molecule has 70 valence electrons. The summed E-state index contributed by atoms with van der Waals surface area (Å²) in [6, 6.07) is 0. The molecule has 2 unspecified atom stereocenters. The lowest BCUT2D eigenvalue weighted by Crippen LogP contribution is -2.20. The molecule has 4 heteroatoms. The number of hydrogen-bond donors (Lipinski definition) is 2. The van der Waals surface area contributed by atoms with E-state index in [0.29, 0.717) is 0 Å². The van der Waals surface area contributed by atoms with E-state index in [9.17, 15) is 4.79 Å². The molecule has 2 N–H and O–H groups in total. The van der Waals surface area contributed by atoms with Gasteiger partial charge >= 0.3 is 5.97 Å². The van der Waals surface area contributed by atoms with Crippen molar-refractivity contribution in [3.63, 3.8) is 0 Å². The summed E-state index contributed by atoms with van der Waals surface area (Å²) in [5.41, 5.74) is -0.00403. The van der Waals surface area contributed by atoms with Crippen LogP contribution in [0.25, 0.3) is 0 Å². The summed E-state index contributed by atoms with van der Waals surface area (Å²) in [5.74, 6) is -0.675. The number of carbonyl (C=O) groups excluding carboxylic acids is 1. The molecule has 0 spiro atoms. The summed E-state index contributed by atoms with van der Waals surface area (Å²) in [5, 5.41) is 17.6. The van der Waals surface area contributed by atoms with Gasteiger partial charge in [0.2, 0.25) is 0 Å². The standard InChI is InChI=1S/C8H14O4/c1-5(9)4-12-8(11)6(2)7(3)10/h5,7,9-10H,2,4H2,1,3H3. The maximum atomic E-state index is 10.9. The quantitative estimate of drug-likeness (QED) is 0.459. The van der Waals surface area contributed by atoms with E-state index < -0.39 is 18.2 Å². The van der Waals surface area contributed by atoms with Gasteiger partial charge in [-0.05, 0) is 13.8 Å². The Morgan fingerprint density at radius 2 is 2.00 bits per heavy atom. The number of ether oxygens (including phenoxy) is 1. The molecule has 12 heavy (non-hydrogen) atoms. The molecule has 0 saturated heterocycles. The molecule has 0 aliphatic heterocycles. The van der Waals surface area contributed by atoms with Gasteiger partial charge in [-0.15, -0.1) is 0 Å². The van der Waals surface area contributed by atoms with Gasteiger partial charge < -0.3 is 14.9 Å². The Balaban J connectivity index is 3.81. The average Bonchev–Trinajstić information content (AvgIpc) is 1.98. The minimum Gasteiger partial charge on any atom is -0.460 e. The molecule has 0 amide bonds. The van der Waals surface area contributed by atoms with Gasteiger partial charge in [-0.3, -0.25) is 0 Å². The lowest BCUT2D eigenvalue weighted by Gasteiger charge is -2.09. The van der Waals surface area contributed by atoms with Crippen LogP contribution < -0.4 is 0 Å². The lowest BCUT2D eigenvalue weighted by atomic mass is 10.2. The number of aliphatic hydroxyl groups excluding tert-OH is 2. The van der Waals surface area contributed by atoms with Crippen LogP contribution >= 0.6 is 0 Å². The van der Waals surface area contributed by atoms with Crippen LogP contribution in [0.2, 0.25) is 0 Å². The average molecular weight is 174 g/mol. The van der Waals surface area contributed by atoms with Gasteiger partial charge in [0, 0.05) is 0 Å². The zero-order chi connectivity index (χ0) is 9.72. The van der Waals surface area contributed by atoms with E-state index in [1.54, 1.807) is 0 Å². The number of rotatable bonds is 4. The van der Waals surface area contributed by atoms with Gasteiger partial charge in [0.25, 0.3) is 0 Å². The Hall–Kier alpha value is -0.870. The van der Waals surface area contributed by atoms with Gasteiger partial charge in [-0.25, -0.2) is 4.79 Å². The summed E-state index contributed by atoms with van der Waals surface area (Å²) in [7, 11) is 0. The highest BCUT2D eigenvalue weighted by Crippen LogP contribution is 2.01. The fourth-order valence-electron chi connectivity index (χ4n) is 0.460. The zero-order valence-electron chi connectivity index (χ0n) is 7.28.